The molecule has 1 aromatic carbocycles. The second-order valence-corrected chi connectivity index (χ2v) is 6.08. The molecule has 2 N–H and O–H groups in total. The van der Waals surface area contributed by atoms with Crippen LogP contribution < -0.4 is 10.9 Å². The van der Waals surface area contributed by atoms with Gasteiger partial charge in [0.25, 0.3) is 11.5 Å². The first-order chi connectivity index (χ1) is 12.4. The highest BCUT2D eigenvalue weighted by molar-refractivity contribution is 5.94. The van der Waals surface area contributed by atoms with Crippen LogP contribution in [-0.2, 0) is 0 Å². The van der Waals surface area contributed by atoms with Crippen molar-refractivity contribution in [3.8, 4) is 17.3 Å². The van der Waals surface area contributed by atoms with Gasteiger partial charge in [-0.25, -0.2) is 4.39 Å². The summed E-state index contributed by atoms with van der Waals surface area (Å²) in [5.41, 5.74) is 1.21. The van der Waals surface area contributed by atoms with Crippen molar-refractivity contribution in [3.63, 3.8) is 0 Å². The molecule has 3 rings (SSSR count). The summed E-state index contributed by atoms with van der Waals surface area (Å²) in [7, 11) is 1.42. The number of carbonyl (C=O) groups is 1. The zero-order valence-electron chi connectivity index (χ0n) is 14.4. The summed E-state index contributed by atoms with van der Waals surface area (Å²) in [5, 5.41) is 15.5. The number of carbonyl (C=O) groups excluding carboxylic acids is 1. The Bertz CT molecular complexity index is 1120. The Morgan fingerprint density at radius 1 is 1.42 bits per heavy atom. The van der Waals surface area contributed by atoms with Crippen molar-refractivity contribution in [2.24, 2.45) is 0 Å². The molecular weight excluding hydrogens is 337 g/mol. The topological polar surface area (TPSA) is 103 Å². The molecule has 0 fully saturated rings. The van der Waals surface area contributed by atoms with Crippen molar-refractivity contribution in [3.05, 3.63) is 57.3 Å². The van der Waals surface area contributed by atoms with Crippen molar-refractivity contribution in [2.75, 3.05) is 7.05 Å². The van der Waals surface area contributed by atoms with Crippen LogP contribution in [0, 0.1) is 17.1 Å². The molecule has 8 heteroatoms. The number of aromatic nitrogens is 3. The molecule has 2 heterocycles. The predicted molar refractivity (Wildman–Crippen MR) is 93.4 cm³/mol. The van der Waals surface area contributed by atoms with Crippen molar-refractivity contribution < 1.29 is 9.18 Å². The van der Waals surface area contributed by atoms with Gasteiger partial charge in [-0.15, -0.1) is 0 Å². The van der Waals surface area contributed by atoms with Crippen LogP contribution in [0.4, 0.5) is 4.39 Å². The minimum atomic E-state index is -0.703. The Morgan fingerprint density at radius 2 is 2.15 bits per heavy atom. The van der Waals surface area contributed by atoms with Gasteiger partial charge in [-0.3, -0.25) is 9.59 Å². The smallest absolute Gasteiger partial charge is 0.278 e. The fraction of sp³-hybridized carbons (Fsp3) is 0.222. The maximum Gasteiger partial charge on any atom is 0.278 e. The minimum Gasteiger partial charge on any atom is -0.355 e. The number of aromatic amines is 1. The van der Waals surface area contributed by atoms with E-state index in [-0.39, 0.29) is 28.3 Å². The molecule has 132 valence electrons. The number of nitrogens with zero attached hydrogens (tertiary/aromatic N) is 3. The summed E-state index contributed by atoms with van der Waals surface area (Å²) < 4.78 is 15.5. The highest BCUT2D eigenvalue weighted by Gasteiger charge is 2.20. The Balaban J connectivity index is 2.32. The second kappa shape index (κ2) is 6.44. The van der Waals surface area contributed by atoms with Gasteiger partial charge in [-0.05, 0) is 18.1 Å². The molecule has 0 saturated carbocycles. The fourth-order valence-electron chi connectivity index (χ4n) is 2.86. The van der Waals surface area contributed by atoms with Crippen LogP contribution in [0.15, 0.2) is 29.2 Å². The van der Waals surface area contributed by atoms with E-state index in [4.69, 9.17) is 0 Å². The molecule has 0 aliphatic carbocycles. The van der Waals surface area contributed by atoms with E-state index < -0.39 is 11.7 Å². The maximum atomic E-state index is 14.4. The summed E-state index contributed by atoms with van der Waals surface area (Å²) in [5.74, 6) is -1.41. The first kappa shape index (κ1) is 17.4. The Hall–Kier alpha value is -3.47. The van der Waals surface area contributed by atoms with Crippen molar-refractivity contribution in [2.45, 2.75) is 19.8 Å². The van der Waals surface area contributed by atoms with Crippen molar-refractivity contribution >= 4 is 11.6 Å². The monoisotopic (exact) mass is 353 g/mol. The number of fused-ring (bicyclic) bond motifs is 1. The van der Waals surface area contributed by atoms with Crippen LogP contribution in [0.3, 0.4) is 0 Å². The molecule has 0 saturated heterocycles. The molecular formula is C18H16FN5O2. The number of hydrogen-bond acceptors (Lipinski definition) is 4. The molecule has 7 nitrogen and oxygen atoms in total. The molecule has 3 aromatic rings. The molecule has 26 heavy (non-hydrogen) atoms. The number of H-pyrrole nitrogens is 1. The van der Waals surface area contributed by atoms with Crippen LogP contribution in [0.1, 0.15) is 41.3 Å². The summed E-state index contributed by atoms with van der Waals surface area (Å²) >= 11 is 0. The third kappa shape index (κ3) is 2.63. The third-order valence-corrected chi connectivity index (χ3v) is 4.13. The SMILES string of the molecule is CNC(=O)c1ccc(-c2[nH]c3c(C#N)cnn3c(=O)c2C(C)C)cc1F. The van der Waals surface area contributed by atoms with Gasteiger partial charge >= 0.3 is 0 Å². The Labute approximate surface area is 148 Å². The fourth-order valence-corrected chi connectivity index (χ4v) is 2.86. The van der Waals surface area contributed by atoms with Crippen molar-refractivity contribution in [1.82, 2.24) is 19.9 Å². The third-order valence-electron chi connectivity index (χ3n) is 4.13. The molecule has 0 unspecified atom stereocenters. The van der Waals surface area contributed by atoms with Gasteiger partial charge in [-0.1, -0.05) is 19.9 Å². The van der Waals surface area contributed by atoms with E-state index in [9.17, 15) is 19.2 Å². The first-order valence-corrected chi connectivity index (χ1v) is 7.95. The normalized spacial score (nSPS) is 10.9. The largest absolute Gasteiger partial charge is 0.355 e. The van der Waals surface area contributed by atoms with E-state index >= 15 is 0 Å². The van der Waals surface area contributed by atoms with Crippen LogP contribution in [0.25, 0.3) is 16.9 Å². The number of halogens is 1. The quantitative estimate of drug-likeness (QED) is 0.753. The van der Waals surface area contributed by atoms with E-state index in [1.54, 1.807) is 6.07 Å². The van der Waals surface area contributed by atoms with Crippen LogP contribution in [0.5, 0.6) is 0 Å². The lowest BCUT2D eigenvalue weighted by atomic mass is 9.97. The summed E-state index contributed by atoms with van der Waals surface area (Å²) in [4.78, 5) is 27.5. The summed E-state index contributed by atoms with van der Waals surface area (Å²) in [6.45, 7) is 3.67. The Morgan fingerprint density at radius 3 is 2.73 bits per heavy atom. The molecule has 0 aliphatic rings. The van der Waals surface area contributed by atoms with Gasteiger partial charge < -0.3 is 10.3 Å². The standard InChI is InChI=1S/C18H16FN5O2/c1-9(2)14-15(10-4-5-12(13(19)6-10)17(25)21-3)23-16-11(7-20)8-22-24(16)18(14)26/h4-6,8-9,23H,1-3H3,(H,21,25). The average Bonchev–Trinajstić information content (AvgIpc) is 3.03. The van der Waals surface area contributed by atoms with Gasteiger partial charge in [0.2, 0.25) is 0 Å². The number of rotatable bonds is 3. The minimum absolute atomic E-state index is 0.0900. The molecule has 1 amide bonds. The van der Waals surface area contributed by atoms with E-state index in [2.05, 4.69) is 15.4 Å². The number of hydrogen-bond donors (Lipinski definition) is 2. The molecule has 0 atom stereocenters. The predicted octanol–water partition coefficient (Wildman–Crippen LogP) is 2.18. The number of nitrogens with one attached hydrogen (secondary N) is 2. The zero-order valence-corrected chi connectivity index (χ0v) is 14.4. The van der Waals surface area contributed by atoms with Gasteiger partial charge in [0, 0.05) is 18.2 Å². The lowest BCUT2D eigenvalue weighted by Gasteiger charge is -2.14. The van der Waals surface area contributed by atoms with Gasteiger partial charge in [-0.2, -0.15) is 14.9 Å². The maximum absolute atomic E-state index is 14.4. The molecule has 0 radical (unpaired) electrons. The summed E-state index contributed by atoms with van der Waals surface area (Å²) in [6.07, 6.45) is 1.30. The highest BCUT2D eigenvalue weighted by Crippen LogP contribution is 2.27. The molecule has 0 aliphatic heterocycles. The first-order valence-electron chi connectivity index (χ1n) is 7.95. The van der Waals surface area contributed by atoms with Crippen molar-refractivity contribution in [1.29, 1.82) is 5.26 Å². The van der Waals surface area contributed by atoms with Gasteiger partial charge in [0.15, 0.2) is 5.65 Å². The van der Waals surface area contributed by atoms with E-state index in [0.29, 0.717) is 16.8 Å². The Kier molecular flexibility index (Phi) is 4.30. The number of benzene rings is 1. The number of nitriles is 1. The zero-order chi connectivity index (χ0) is 19.0. The number of amides is 1. The van der Waals surface area contributed by atoms with Crippen LogP contribution >= 0.6 is 0 Å². The van der Waals surface area contributed by atoms with Gasteiger partial charge in [0.1, 0.15) is 17.4 Å². The molecule has 0 spiro atoms. The molecule has 2 aromatic heterocycles. The molecule has 0 bridgehead atoms. The lowest BCUT2D eigenvalue weighted by molar-refractivity contribution is 0.0959. The highest BCUT2D eigenvalue weighted by atomic mass is 19.1. The summed E-state index contributed by atoms with van der Waals surface area (Å²) in [6, 6.07) is 6.08. The van der Waals surface area contributed by atoms with Crippen LogP contribution in [-0.4, -0.2) is 27.6 Å². The average molecular weight is 353 g/mol. The van der Waals surface area contributed by atoms with E-state index in [1.165, 1.54) is 25.4 Å². The van der Waals surface area contributed by atoms with Crippen LogP contribution in [0.2, 0.25) is 0 Å². The lowest BCUT2D eigenvalue weighted by Crippen LogP contribution is -2.23. The van der Waals surface area contributed by atoms with Gasteiger partial charge in [0.05, 0.1) is 17.5 Å². The second-order valence-electron chi connectivity index (χ2n) is 6.08. The van der Waals surface area contributed by atoms with E-state index in [0.717, 1.165) is 4.52 Å². The van der Waals surface area contributed by atoms with E-state index in [1.807, 2.05) is 19.9 Å².